The Bertz CT molecular complexity index is 1510. The number of carbonyl (C=O) groups is 1. The van der Waals surface area contributed by atoms with Gasteiger partial charge in [-0.05, 0) is 72.5 Å². The summed E-state index contributed by atoms with van der Waals surface area (Å²) in [5.74, 6) is -1.03. The van der Waals surface area contributed by atoms with E-state index >= 15 is 0 Å². The highest BCUT2D eigenvalue weighted by Gasteiger charge is 2.25. The van der Waals surface area contributed by atoms with Gasteiger partial charge in [-0.15, -0.1) is 0 Å². The summed E-state index contributed by atoms with van der Waals surface area (Å²) in [7, 11) is -0.779. The molecule has 1 aromatic heterocycles. The van der Waals surface area contributed by atoms with Crippen molar-refractivity contribution in [1.29, 1.82) is 0 Å². The topological polar surface area (TPSA) is 110 Å². The van der Waals surface area contributed by atoms with Gasteiger partial charge in [0.15, 0.2) is 0 Å². The monoisotopic (exact) mass is 570 g/mol. The van der Waals surface area contributed by atoms with Gasteiger partial charge in [0, 0.05) is 49.3 Å². The highest BCUT2D eigenvalue weighted by Crippen LogP contribution is 2.45. The third kappa shape index (κ3) is 6.79. The zero-order chi connectivity index (χ0) is 28.2. The molecular formula is C29H32ClN2O6P. The van der Waals surface area contributed by atoms with E-state index in [4.69, 9.17) is 20.6 Å². The molecule has 0 saturated heterocycles. The Morgan fingerprint density at radius 2 is 1.77 bits per heavy atom. The first kappa shape index (κ1) is 29.0. The third-order valence-corrected chi connectivity index (χ3v) is 8.78. The first-order chi connectivity index (χ1) is 18.6. The van der Waals surface area contributed by atoms with Gasteiger partial charge in [0.2, 0.25) is 0 Å². The Balaban J connectivity index is 1.52. The van der Waals surface area contributed by atoms with Crippen molar-refractivity contribution in [3.8, 4) is 0 Å². The average Bonchev–Trinajstić information content (AvgIpc) is 3.29. The van der Waals surface area contributed by atoms with Crippen LogP contribution in [0.15, 0.2) is 72.8 Å². The van der Waals surface area contributed by atoms with Crippen molar-refractivity contribution in [2.24, 2.45) is 0 Å². The maximum atomic E-state index is 12.8. The molecule has 0 bridgehead atoms. The summed E-state index contributed by atoms with van der Waals surface area (Å²) in [6.45, 7) is 2.68. The summed E-state index contributed by atoms with van der Waals surface area (Å²) in [6, 6.07) is 21.8. The lowest BCUT2D eigenvalue weighted by Crippen LogP contribution is -2.32. The summed E-state index contributed by atoms with van der Waals surface area (Å²) in [5, 5.41) is 25.5. The summed E-state index contributed by atoms with van der Waals surface area (Å²) < 4.78 is 24.8. The number of benzene rings is 3. The smallest absolute Gasteiger partial charge is 0.360 e. The van der Waals surface area contributed by atoms with Crippen LogP contribution in [0.4, 0.5) is 0 Å². The van der Waals surface area contributed by atoms with Crippen molar-refractivity contribution in [2.75, 3.05) is 20.8 Å². The second-order valence-electron chi connectivity index (χ2n) is 9.43. The van der Waals surface area contributed by atoms with Crippen LogP contribution < -0.4 is 10.6 Å². The molecule has 0 spiro atoms. The summed E-state index contributed by atoms with van der Waals surface area (Å²) in [6.07, 6.45) is 0.0120. The number of hydrogen-bond acceptors (Lipinski definition) is 6. The highest BCUT2D eigenvalue weighted by atomic mass is 35.5. The largest absolute Gasteiger partial charge is 0.477 e. The molecule has 0 aliphatic carbocycles. The molecule has 0 aliphatic rings. The van der Waals surface area contributed by atoms with Gasteiger partial charge >= 0.3 is 13.6 Å². The quantitative estimate of drug-likeness (QED) is 0.195. The SMILES string of the molecule is COP(=O)(OC)c1cccc(Cn2c(C(=O)O)cc3cc(CC(C)NC[C@H](O)c4cccc(Cl)c4)ccc32)c1. The number of carboxylic acid groups (broad SMARTS) is 1. The number of fused-ring (bicyclic) bond motifs is 1. The Labute approximate surface area is 232 Å². The predicted octanol–water partition coefficient (Wildman–Crippen LogP) is 5.41. The van der Waals surface area contributed by atoms with Gasteiger partial charge in [-0.3, -0.25) is 4.57 Å². The van der Waals surface area contributed by atoms with E-state index in [1.807, 2.05) is 43.3 Å². The lowest BCUT2D eigenvalue weighted by atomic mass is 10.0. The van der Waals surface area contributed by atoms with Crippen molar-refractivity contribution in [2.45, 2.75) is 32.0 Å². The molecule has 39 heavy (non-hydrogen) atoms. The molecule has 4 aromatic rings. The minimum Gasteiger partial charge on any atom is -0.477 e. The molecule has 1 heterocycles. The number of halogens is 1. The zero-order valence-electron chi connectivity index (χ0n) is 22.0. The van der Waals surface area contributed by atoms with Crippen LogP contribution in [0.3, 0.4) is 0 Å². The maximum Gasteiger partial charge on any atom is 0.360 e. The van der Waals surface area contributed by atoms with E-state index < -0.39 is 19.7 Å². The summed E-state index contributed by atoms with van der Waals surface area (Å²) >= 11 is 6.03. The van der Waals surface area contributed by atoms with Gasteiger partial charge in [-0.1, -0.05) is 41.9 Å². The number of aliphatic hydroxyl groups excluding tert-OH is 1. The van der Waals surface area contributed by atoms with Crippen LogP contribution >= 0.6 is 19.2 Å². The normalized spacial score (nSPS) is 13.5. The first-order valence-electron chi connectivity index (χ1n) is 12.5. The van der Waals surface area contributed by atoms with Gasteiger partial charge in [-0.2, -0.15) is 0 Å². The van der Waals surface area contributed by atoms with Crippen LogP contribution in [0.25, 0.3) is 10.9 Å². The second-order valence-corrected chi connectivity index (χ2v) is 12.1. The minimum absolute atomic E-state index is 0.0670. The molecule has 1 unspecified atom stereocenters. The van der Waals surface area contributed by atoms with Crippen molar-refractivity contribution >= 4 is 41.4 Å². The van der Waals surface area contributed by atoms with Crippen LogP contribution in [0, 0.1) is 0 Å². The van der Waals surface area contributed by atoms with Crippen LogP contribution in [-0.2, 0) is 26.6 Å². The zero-order valence-corrected chi connectivity index (χ0v) is 23.7. The van der Waals surface area contributed by atoms with E-state index in [0.717, 1.165) is 27.6 Å². The molecule has 3 N–H and O–H groups in total. The molecule has 8 nitrogen and oxygen atoms in total. The molecule has 2 atom stereocenters. The van der Waals surface area contributed by atoms with Crippen molar-refractivity contribution in [3.05, 3.63) is 100 Å². The number of hydrogen-bond donors (Lipinski definition) is 3. The summed E-state index contributed by atoms with van der Waals surface area (Å²) in [5.41, 5.74) is 3.49. The molecule has 206 valence electrons. The molecule has 0 radical (unpaired) electrons. The fraction of sp³-hybridized carbons (Fsp3) is 0.276. The lowest BCUT2D eigenvalue weighted by molar-refractivity contribution is 0.0686. The van der Waals surface area contributed by atoms with E-state index in [1.54, 1.807) is 41.0 Å². The fourth-order valence-corrected chi connectivity index (χ4v) is 6.02. The van der Waals surface area contributed by atoms with Crippen molar-refractivity contribution in [3.63, 3.8) is 0 Å². The number of aromatic nitrogens is 1. The first-order valence-corrected chi connectivity index (χ1v) is 14.4. The molecule has 0 amide bonds. The molecule has 0 fully saturated rings. The molecule has 3 aromatic carbocycles. The van der Waals surface area contributed by atoms with Crippen LogP contribution in [0.2, 0.25) is 5.02 Å². The van der Waals surface area contributed by atoms with E-state index in [1.165, 1.54) is 14.2 Å². The second kappa shape index (κ2) is 12.5. The standard InChI is InChI=1S/C29H32ClN2O6P/c1-19(31-17-28(33)22-7-5-8-24(30)15-22)12-20-10-11-26-23(13-20)16-27(29(34)35)32(26)18-21-6-4-9-25(14-21)39(36,37-2)38-3/h4-11,13-16,19,28,31,33H,12,17-18H2,1-3H3,(H,34,35)/t19?,28-/m0/s1. The third-order valence-electron chi connectivity index (χ3n) is 6.67. The Morgan fingerprint density at radius 3 is 2.46 bits per heavy atom. The van der Waals surface area contributed by atoms with Gasteiger partial charge in [-0.25, -0.2) is 4.79 Å². The molecule has 0 saturated carbocycles. The molecule has 0 aliphatic heterocycles. The number of carboxylic acids is 1. The van der Waals surface area contributed by atoms with E-state index in [9.17, 15) is 19.6 Å². The lowest BCUT2D eigenvalue weighted by Gasteiger charge is -2.18. The van der Waals surface area contributed by atoms with Gasteiger partial charge < -0.3 is 29.1 Å². The number of aromatic carboxylic acids is 1. The number of nitrogens with one attached hydrogen (secondary N) is 1. The maximum absolute atomic E-state index is 12.8. The Hall–Kier alpha value is -2.97. The van der Waals surface area contributed by atoms with E-state index in [2.05, 4.69) is 5.32 Å². The molecule has 4 rings (SSSR count). The average molecular weight is 571 g/mol. The number of rotatable bonds is 12. The number of aliphatic hydroxyl groups is 1. The Kier molecular flexibility index (Phi) is 9.28. The van der Waals surface area contributed by atoms with Crippen LogP contribution in [0.5, 0.6) is 0 Å². The summed E-state index contributed by atoms with van der Waals surface area (Å²) in [4.78, 5) is 12.1. The predicted molar refractivity (Wildman–Crippen MR) is 153 cm³/mol. The minimum atomic E-state index is -3.43. The van der Waals surface area contributed by atoms with Crippen LogP contribution in [-0.4, -0.2) is 47.6 Å². The highest BCUT2D eigenvalue weighted by molar-refractivity contribution is 7.62. The number of nitrogens with zero attached hydrogens (tertiary/aromatic N) is 1. The van der Waals surface area contributed by atoms with Gasteiger partial charge in [0.25, 0.3) is 0 Å². The van der Waals surface area contributed by atoms with Gasteiger partial charge in [0.1, 0.15) is 5.69 Å². The Morgan fingerprint density at radius 1 is 1.03 bits per heavy atom. The van der Waals surface area contributed by atoms with E-state index in [0.29, 0.717) is 23.3 Å². The fourth-order valence-electron chi connectivity index (χ4n) is 4.66. The van der Waals surface area contributed by atoms with Gasteiger partial charge in [0.05, 0.1) is 11.4 Å². The van der Waals surface area contributed by atoms with Crippen molar-refractivity contribution < 1.29 is 28.6 Å². The molecule has 10 heteroatoms. The molecular weight excluding hydrogens is 539 g/mol. The van der Waals surface area contributed by atoms with Crippen molar-refractivity contribution in [1.82, 2.24) is 9.88 Å². The van der Waals surface area contributed by atoms with E-state index in [-0.39, 0.29) is 18.3 Å². The van der Waals surface area contributed by atoms with Crippen LogP contribution in [0.1, 0.15) is 40.2 Å².